The van der Waals surface area contributed by atoms with Crippen molar-refractivity contribution in [1.29, 1.82) is 0 Å². The van der Waals surface area contributed by atoms with E-state index in [0.717, 1.165) is 18.7 Å². The molecule has 0 saturated carbocycles. The number of alkyl halides is 2. The summed E-state index contributed by atoms with van der Waals surface area (Å²) in [5, 5.41) is 0. The third-order valence-electron chi connectivity index (χ3n) is 2.55. The van der Waals surface area contributed by atoms with E-state index in [1.165, 1.54) is 0 Å². The molecule has 0 N–H and O–H groups in total. The number of halogens is 2. The van der Waals surface area contributed by atoms with Crippen LogP contribution in [0.2, 0.25) is 0 Å². The van der Waals surface area contributed by atoms with Crippen LogP contribution >= 0.6 is 23.2 Å². The van der Waals surface area contributed by atoms with Crippen molar-refractivity contribution < 1.29 is 4.79 Å². The van der Waals surface area contributed by atoms with Crippen LogP contribution in [0.25, 0.3) is 0 Å². The Kier molecular flexibility index (Phi) is 7.25. The van der Waals surface area contributed by atoms with Gasteiger partial charge in [0.25, 0.3) is 0 Å². The van der Waals surface area contributed by atoms with Crippen molar-refractivity contribution in [3.05, 3.63) is 35.9 Å². The van der Waals surface area contributed by atoms with Crippen molar-refractivity contribution in [3.63, 3.8) is 0 Å². The molecule has 0 aliphatic rings. The zero-order chi connectivity index (χ0) is 12.5. The fourth-order valence-electron chi connectivity index (χ4n) is 1.60. The predicted molar refractivity (Wildman–Crippen MR) is 73.3 cm³/mol. The van der Waals surface area contributed by atoms with E-state index in [1.807, 2.05) is 30.3 Å². The van der Waals surface area contributed by atoms with Crippen LogP contribution in [-0.2, 0) is 0 Å². The molecule has 4 heteroatoms. The van der Waals surface area contributed by atoms with E-state index in [0.29, 0.717) is 24.7 Å². The number of hydrogen-bond donors (Lipinski definition) is 0. The molecule has 94 valence electrons. The van der Waals surface area contributed by atoms with Gasteiger partial charge in [0, 0.05) is 43.4 Å². The predicted octanol–water partition coefficient (Wildman–Crippen LogP) is 3.04. The van der Waals surface area contributed by atoms with Gasteiger partial charge in [0.2, 0.25) is 0 Å². The molecule has 0 spiro atoms. The molecule has 0 aliphatic carbocycles. The topological polar surface area (TPSA) is 20.3 Å². The minimum atomic E-state index is 0.166. The minimum Gasteiger partial charge on any atom is -0.301 e. The molecule has 0 heterocycles. The molecule has 0 fully saturated rings. The molecule has 0 aromatic heterocycles. The zero-order valence-corrected chi connectivity index (χ0v) is 11.3. The molecule has 0 radical (unpaired) electrons. The van der Waals surface area contributed by atoms with Crippen LogP contribution in [-0.4, -0.2) is 42.1 Å². The average Bonchev–Trinajstić information content (AvgIpc) is 2.37. The second-order valence-corrected chi connectivity index (χ2v) is 4.51. The van der Waals surface area contributed by atoms with Gasteiger partial charge in [0.05, 0.1) is 0 Å². The minimum absolute atomic E-state index is 0.166. The molecular weight excluding hydrogens is 257 g/mol. The first-order chi connectivity index (χ1) is 8.27. The maximum Gasteiger partial charge on any atom is 0.164 e. The third-order valence-corrected chi connectivity index (χ3v) is 2.89. The Morgan fingerprint density at radius 3 is 2.12 bits per heavy atom. The Hall–Kier alpha value is -0.570. The van der Waals surface area contributed by atoms with E-state index >= 15 is 0 Å². The molecule has 1 aromatic rings. The van der Waals surface area contributed by atoms with Gasteiger partial charge in [0.1, 0.15) is 0 Å². The summed E-state index contributed by atoms with van der Waals surface area (Å²) in [6.45, 7) is 2.26. The van der Waals surface area contributed by atoms with Crippen LogP contribution in [0.1, 0.15) is 16.8 Å². The Labute approximate surface area is 113 Å². The largest absolute Gasteiger partial charge is 0.301 e. The van der Waals surface area contributed by atoms with Gasteiger partial charge in [-0.15, -0.1) is 23.2 Å². The van der Waals surface area contributed by atoms with Gasteiger partial charge in [-0.1, -0.05) is 30.3 Å². The van der Waals surface area contributed by atoms with Crippen molar-refractivity contribution in [3.8, 4) is 0 Å². The van der Waals surface area contributed by atoms with Crippen LogP contribution in [0.3, 0.4) is 0 Å². The zero-order valence-electron chi connectivity index (χ0n) is 9.74. The Bertz CT molecular complexity index is 323. The second-order valence-electron chi connectivity index (χ2n) is 3.76. The third kappa shape index (κ3) is 5.53. The van der Waals surface area contributed by atoms with Crippen molar-refractivity contribution in [1.82, 2.24) is 4.90 Å². The van der Waals surface area contributed by atoms with Gasteiger partial charge in [-0.2, -0.15) is 0 Å². The van der Waals surface area contributed by atoms with E-state index in [2.05, 4.69) is 4.90 Å². The molecule has 0 atom stereocenters. The molecule has 1 aromatic carbocycles. The van der Waals surface area contributed by atoms with Gasteiger partial charge in [-0.3, -0.25) is 4.79 Å². The highest BCUT2D eigenvalue weighted by molar-refractivity contribution is 6.18. The first-order valence-electron chi connectivity index (χ1n) is 5.70. The summed E-state index contributed by atoms with van der Waals surface area (Å²) in [6, 6.07) is 9.35. The van der Waals surface area contributed by atoms with Crippen molar-refractivity contribution in [2.24, 2.45) is 0 Å². The van der Waals surface area contributed by atoms with E-state index in [1.54, 1.807) is 0 Å². The molecule has 2 nitrogen and oxygen atoms in total. The average molecular weight is 274 g/mol. The van der Waals surface area contributed by atoms with E-state index in [9.17, 15) is 4.79 Å². The first-order valence-corrected chi connectivity index (χ1v) is 6.77. The Morgan fingerprint density at radius 2 is 1.59 bits per heavy atom. The highest BCUT2D eigenvalue weighted by atomic mass is 35.5. The van der Waals surface area contributed by atoms with Gasteiger partial charge >= 0.3 is 0 Å². The Morgan fingerprint density at radius 1 is 1.00 bits per heavy atom. The number of ketones is 1. The van der Waals surface area contributed by atoms with Gasteiger partial charge in [0.15, 0.2) is 5.78 Å². The first kappa shape index (κ1) is 14.5. The summed E-state index contributed by atoms with van der Waals surface area (Å²) in [7, 11) is 0. The van der Waals surface area contributed by atoms with Gasteiger partial charge in [-0.25, -0.2) is 0 Å². The van der Waals surface area contributed by atoms with Gasteiger partial charge < -0.3 is 4.90 Å². The fraction of sp³-hybridized carbons (Fsp3) is 0.462. The number of carbonyl (C=O) groups excluding carboxylic acids is 1. The van der Waals surface area contributed by atoms with Crippen LogP contribution in [0, 0.1) is 0 Å². The standard InChI is InChI=1S/C13H17Cl2NO/c14-7-10-16(11-8-15)9-6-13(17)12-4-2-1-3-5-12/h1-5H,6-11H2. The molecule has 0 bridgehead atoms. The maximum atomic E-state index is 11.9. The fourth-order valence-corrected chi connectivity index (χ4v) is 2.08. The number of carbonyl (C=O) groups is 1. The van der Waals surface area contributed by atoms with E-state index < -0.39 is 0 Å². The molecule has 1 rings (SSSR count). The number of nitrogens with zero attached hydrogens (tertiary/aromatic N) is 1. The van der Waals surface area contributed by atoms with Gasteiger partial charge in [-0.05, 0) is 0 Å². The van der Waals surface area contributed by atoms with Crippen molar-refractivity contribution in [2.45, 2.75) is 6.42 Å². The van der Waals surface area contributed by atoms with Crippen LogP contribution in [0.4, 0.5) is 0 Å². The Balaban J connectivity index is 2.41. The lowest BCUT2D eigenvalue weighted by atomic mass is 10.1. The second kappa shape index (κ2) is 8.51. The van der Waals surface area contributed by atoms with E-state index in [4.69, 9.17) is 23.2 Å². The highest BCUT2D eigenvalue weighted by Gasteiger charge is 2.08. The molecule has 0 aliphatic heterocycles. The molecule has 0 amide bonds. The number of benzene rings is 1. The molecule has 0 unspecified atom stereocenters. The molecule has 0 saturated heterocycles. The summed E-state index contributed by atoms with van der Waals surface area (Å²) in [5.74, 6) is 1.30. The summed E-state index contributed by atoms with van der Waals surface area (Å²) in [6.07, 6.45) is 0.512. The maximum absolute atomic E-state index is 11.9. The summed E-state index contributed by atoms with van der Waals surface area (Å²) >= 11 is 11.4. The SMILES string of the molecule is O=C(CCN(CCCl)CCCl)c1ccccc1. The highest BCUT2D eigenvalue weighted by Crippen LogP contribution is 2.04. The number of Topliss-reactive ketones (excluding diaryl/α,β-unsaturated/α-hetero) is 1. The number of rotatable bonds is 8. The molecule has 17 heavy (non-hydrogen) atoms. The quantitative estimate of drug-likeness (QED) is 0.536. The summed E-state index contributed by atoms with van der Waals surface area (Å²) in [5.41, 5.74) is 0.768. The monoisotopic (exact) mass is 273 g/mol. The van der Waals surface area contributed by atoms with Crippen molar-refractivity contribution >= 4 is 29.0 Å². The lowest BCUT2D eigenvalue weighted by Gasteiger charge is -2.19. The number of hydrogen-bond acceptors (Lipinski definition) is 2. The van der Waals surface area contributed by atoms with Crippen LogP contribution in [0.15, 0.2) is 30.3 Å². The lowest BCUT2D eigenvalue weighted by Crippen LogP contribution is -2.30. The smallest absolute Gasteiger partial charge is 0.164 e. The van der Waals surface area contributed by atoms with E-state index in [-0.39, 0.29) is 5.78 Å². The van der Waals surface area contributed by atoms with Crippen LogP contribution < -0.4 is 0 Å². The van der Waals surface area contributed by atoms with Crippen molar-refractivity contribution in [2.75, 3.05) is 31.4 Å². The normalized spacial score (nSPS) is 10.8. The lowest BCUT2D eigenvalue weighted by molar-refractivity contribution is 0.0966. The van der Waals surface area contributed by atoms with Crippen LogP contribution in [0.5, 0.6) is 0 Å². The molecular formula is C13H17Cl2NO. The summed E-state index contributed by atoms with van der Waals surface area (Å²) in [4.78, 5) is 14.0. The summed E-state index contributed by atoms with van der Waals surface area (Å²) < 4.78 is 0.